The SMILES string of the molecule is COc1ccc(N(C(=O)NCc2cc(Cl)cc(Cl)c2Cl)c2ccnc(NC(C)C(C)(C)O)n2)cc1. The van der Waals surface area contributed by atoms with E-state index in [1.807, 2.05) is 6.92 Å². The molecular formula is C24H26Cl3N5O3. The Bertz CT molecular complexity index is 1190. The van der Waals surface area contributed by atoms with Crippen LogP contribution >= 0.6 is 34.8 Å². The van der Waals surface area contributed by atoms with E-state index in [2.05, 4.69) is 20.6 Å². The largest absolute Gasteiger partial charge is 0.497 e. The summed E-state index contributed by atoms with van der Waals surface area (Å²) in [4.78, 5) is 23.5. The molecule has 2 amide bonds. The van der Waals surface area contributed by atoms with Gasteiger partial charge in [0.2, 0.25) is 5.95 Å². The van der Waals surface area contributed by atoms with Crippen LogP contribution in [0, 0.1) is 0 Å². The highest BCUT2D eigenvalue weighted by atomic mass is 35.5. The molecule has 0 radical (unpaired) electrons. The molecule has 1 atom stereocenters. The molecule has 3 N–H and O–H groups in total. The molecule has 0 spiro atoms. The first-order chi connectivity index (χ1) is 16.5. The molecule has 1 unspecified atom stereocenters. The van der Waals surface area contributed by atoms with Gasteiger partial charge >= 0.3 is 6.03 Å². The number of amides is 2. The fraction of sp³-hybridized carbons (Fsp3) is 0.292. The molecule has 8 nitrogen and oxygen atoms in total. The number of hydrogen-bond donors (Lipinski definition) is 3. The number of nitrogens with zero attached hydrogens (tertiary/aromatic N) is 3. The summed E-state index contributed by atoms with van der Waals surface area (Å²) in [5.74, 6) is 1.20. The molecule has 0 aliphatic heterocycles. The van der Waals surface area contributed by atoms with E-state index in [9.17, 15) is 9.90 Å². The van der Waals surface area contributed by atoms with E-state index in [1.165, 1.54) is 17.2 Å². The number of halogens is 3. The Hall–Kier alpha value is -2.78. The zero-order chi connectivity index (χ0) is 25.8. The molecule has 2 aromatic carbocycles. The van der Waals surface area contributed by atoms with Crippen molar-refractivity contribution in [3.8, 4) is 5.75 Å². The predicted molar refractivity (Wildman–Crippen MR) is 140 cm³/mol. The second-order valence-electron chi connectivity index (χ2n) is 8.31. The Morgan fingerprint density at radius 2 is 1.86 bits per heavy atom. The molecule has 1 heterocycles. The second-order valence-corrected chi connectivity index (χ2v) is 9.53. The van der Waals surface area contributed by atoms with Gasteiger partial charge in [-0.15, -0.1) is 0 Å². The van der Waals surface area contributed by atoms with Gasteiger partial charge in [-0.2, -0.15) is 4.98 Å². The maximum absolute atomic E-state index is 13.4. The first-order valence-corrected chi connectivity index (χ1v) is 11.8. The minimum absolute atomic E-state index is 0.0799. The van der Waals surface area contributed by atoms with Crippen LogP contribution in [0.3, 0.4) is 0 Å². The van der Waals surface area contributed by atoms with Gasteiger partial charge in [0, 0.05) is 23.8 Å². The Labute approximate surface area is 219 Å². The van der Waals surface area contributed by atoms with Crippen LogP contribution in [0.1, 0.15) is 26.3 Å². The lowest BCUT2D eigenvalue weighted by atomic mass is 10.0. The standard InChI is InChI=1S/C24H26Cl3N5O3/c1-14(24(2,3)34)30-22-28-10-9-20(31-22)32(17-5-7-18(35-4)8-6-17)23(33)29-13-15-11-16(25)12-19(26)21(15)27/h5-12,14,34H,13H2,1-4H3,(H,29,33)(H,28,30,31). The molecule has 186 valence electrons. The molecule has 11 heteroatoms. The Morgan fingerprint density at radius 3 is 2.49 bits per heavy atom. The van der Waals surface area contributed by atoms with Crippen molar-refractivity contribution < 1.29 is 14.6 Å². The number of anilines is 3. The summed E-state index contributed by atoms with van der Waals surface area (Å²) in [5.41, 5.74) is 0.0964. The van der Waals surface area contributed by atoms with Crippen LogP contribution in [0.5, 0.6) is 5.75 Å². The molecule has 0 aliphatic carbocycles. The van der Waals surface area contributed by atoms with E-state index < -0.39 is 11.6 Å². The number of nitrogens with one attached hydrogen (secondary N) is 2. The summed E-state index contributed by atoms with van der Waals surface area (Å²) in [6.45, 7) is 5.25. The van der Waals surface area contributed by atoms with Crippen LogP contribution in [0.2, 0.25) is 15.1 Å². The number of carbonyl (C=O) groups is 1. The zero-order valence-corrected chi connectivity index (χ0v) is 21.9. The topological polar surface area (TPSA) is 99.6 Å². The summed E-state index contributed by atoms with van der Waals surface area (Å²) in [6.07, 6.45) is 1.53. The van der Waals surface area contributed by atoms with Gasteiger partial charge in [0.05, 0.1) is 34.5 Å². The van der Waals surface area contributed by atoms with E-state index in [0.29, 0.717) is 37.9 Å². The van der Waals surface area contributed by atoms with Crippen molar-refractivity contribution in [1.82, 2.24) is 15.3 Å². The van der Waals surface area contributed by atoms with Crippen LogP contribution in [0.15, 0.2) is 48.7 Å². The van der Waals surface area contributed by atoms with Gasteiger partial charge in [0.15, 0.2) is 0 Å². The van der Waals surface area contributed by atoms with E-state index in [1.54, 1.807) is 57.4 Å². The normalized spacial score (nSPS) is 12.1. The quantitative estimate of drug-likeness (QED) is 0.301. The molecule has 35 heavy (non-hydrogen) atoms. The van der Waals surface area contributed by atoms with Crippen LogP contribution in [-0.2, 0) is 6.54 Å². The molecule has 0 bridgehead atoms. The molecule has 0 aliphatic rings. The minimum atomic E-state index is -1.01. The molecule has 0 saturated carbocycles. The molecule has 3 aromatic rings. The monoisotopic (exact) mass is 537 g/mol. The third-order valence-corrected chi connectivity index (χ3v) is 6.37. The summed E-state index contributed by atoms with van der Waals surface area (Å²) in [6, 6.07) is 10.9. The number of aromatic nitrogens is 2. The maximum atomic E-state index is 13.4. The zero-order valence-electron chi connectivity index (χ0n) is 19.6. The third kappa shape index (κ3) is 6.89. The van der Waals surface area contributed by atoms with Crippen LogP contribution < -0.4 is 20.3 Å². The summed E-state index contributed by atoms with van der Waals surface area (Å²) in [5, 5.41) is 17.2. The number of aliphatic hydroxyl groups is 1. The highest BCUT2D eigenvalue weighted by molar-refractivity contribution is 6.43. The predicted octanol–water partition coefficient (Wildman–Crippen LogP) is 6.06. The smallest absolute Gasteiger partial charge is 0.327 e. The van der Waals surface area contributed by atoms with Crippen molar-refractivity contribution in [3.63, 3.8) is 0 Å². The maximum Gasteiger partial charge on any atom is 0.327 e. The lowest BCUT2D eigenvalue weighted by Crippen LogP contribution is -2.40. The Kier molecular flexibility index (Phi) is 8.66. The number of benzene rings is 2. The van der Waals surface area contributed by atoms with Gasteiger partial charge in [-0.1, -0.05) is 34.8 Å². The van der Waals surface area contributed by atoms with Gasteiger partial charge < -0.3 is 20.5 Å². The highest BCUT2D eigenvalue weighted by Gasteiger charge is 2.24. The Balaban J connectivity index is 1.93. The van der Waals surface area contributed by atoms with E-state index in [4.69, 9.17) is 39.5 Å². The summed E-state index contributed by atoms with van der Waals surface area (Å²) in [7, 11) is 1.56. The van der Waals surface area contributed by atoms with Gasteiger partial charge in [-0.05, 0) is 62.7 Å². The van der Waals surface area contributed by atoms with Crippen molar-refractivity contribution in [2.75, 3.05) is 17.3 Å². The van der Waals surface area contributed by atoms with Gasteiger partial charge in [-0.3, -0.25) is 0 Å². The lowest BCUT2D eigenvalue weighted by molar-refractivity contribution is 0.0646. The van der Waals surface area contributed by atoms with Gasteiger partial charge in [-0.25, -0.2) is 14.7 Å². The van der Waals surface area contributed by atoms with Crippen LogP contribution in [0.25, 0.3) is 0 Å². The fourth-order valence-corrected chi connectivity index (χ4v) is 3.70. The van der Waals surface area contributed by atoms with E-state index in [0.717, 1.165) is 0 Å². The van der Waals surface area contributed by atoms with Crippen LogP contribution in [-0.4, -0.2) is 39.9 Å². The molecule has 1 aromatic heterocycles. The molecule has 0 fully saturated rings. The van der Waals surface area contributed by atoms with Crippen molar-refractivity contribution in [3.05, 3.63) is 69.3 Å². The van der Waals surface area contributed by atoms with E-state index in [-0.39, 0.29) is 18.5 Å². The van der Waals surface area contributed by atoms with Gasteiger partial charge in [0.1, 0.15) is 11.6 Å². The minimum Gasteiger partial charge on any atom is -0.497 e. The number of hydrogen-bond acceptors (Lipinski definition) is 6. The molecular weight excluding hydrogens is 513 g/mol. The first-order valence-electron chi connectivity index (χ1n) is 10.7. The average Bonchev–Trinajstić information content (AvgIpc) is 2.80. The number of rotatable bonds is 8. The average molecular weight is 539 g/mol. The van der Waals surface area contributed by atoms with Crippen molar-refractivity contribution in [2.24, 2.45) is 0 Å². The summed E-state index contributed by atoms with van der Waals surface area (Å²) < 4.78 is 5.23. The van der Waals surface area contributed by atoms with E-state index >= 15 is 0 Å². The summed E-state index contributed by atoms with van der Waals surface area (Å²) >= 11 is 18.5. The fourth-order valence-electron chi connectivity index (χ4n) is 2.99. The van der Waals surface area contributed by atoms with Crippen molar-refractivity contribution >= 4 is 58.3 Å². The molecule has 3 rings (SSSR count). The van der Waals surface area contributed by atoms with Crippen LogP contribution in [0.4, 0.5) is 22.2 Å². The molecule has 0 saturated heterocycles. The second kappa shape index (κ2) is 11.3. The Morgan fingerprint density at radius 1 is 1.17 bits per heavy atom. The lowest BCUT2D eigenvalue weighted by Gasteiger charge is -2.27. The van der Waals surface area contributed by atoms with Crippen molar-refractivity contribution in [1.29, 1.82) is 0 Å². The number of methoxy groups -OCH3 is 1. The third-order valence-electron chi connectivity index (χ3n) is 5.31. The highest BCUT2D eigenvalue weighted by Crippen LogP contribution is 2.31. The van der Waals surface area contributed by atoms with Gasteiger partial charge in [0.25, 0.3) is 0 Å². The first kappa shape index (κ1) is 26.8. The number of urea groups is 1. The number of ether oxygens (including phenoxy) is 1. The van der Waals surface area contributed by atoms with Crippen molar-refractivity contribution in [2.45, 2.75) is 39.0 Å². The number of carbonyl (C=O) groups excluding carboxylic acids is 1.